The lowest BCUT2D eigenvalue weighted by molar-refractivity contribution is -0.116. The third-order valence-corrected chi connectivity index (χ3v) is 5.84. The number of anilines is 1. The van der Waals surface area contributed by atoms with Crippen LogP contribution < -0.4 is 5.32 Å². The number of sulfonamides is 1. The van der Waals surface area contributed by atoms with Crippen LogP contribution in [0.2, 0.25) is 0 Å². The largest absolute Gasteiger partial charge is 0.313 e. The summed E-state index contributed by atoms with van der Waals surface area (Å²) in [6.45, 7) is 0.619. The number of benzene rings is 1. The van der Waals surface area contributed by atoms with Crippen molar-refractivity contribution < 1.29 is 17.6 Å². The number of carbonyl (C=O) groups is 1. The zero-order chi connectivity index (χ0) is 16.6. The van der Waals surface area contributed by atoms with Gasteiger partial charge in [-0.3, -0.25) is 10.1 Å². The van der Waals surface area contributed by atoms with Gasteiger partial charge in [-0.15, -0.1) is 0 Å². The van der Waals surface area contributed by atoms with Gasteiger partial charge in [0.15, 0.2) is 0 Å². The van der Waals surface area contributed by atoms with E-state index in [1.54, 1.807) is 17.7 Å². The van der Waals surface area contributed by atoms with Crippen molar-refractivity contribution >= 4 is 32.9 Å². The Hall–Kier alpha value is -2.00. The number of imidazole rings is 1. The topological polar surface area (TPSA) is 84.3 Å². The van der Waals surface area contributed by atoms with E-state index < -0.39 is 15.8 Å². The predicted octanol–water partition coefficient (Wildman–Crippen LogP) is 1.08. The van der Waals surface area contributed by atoms with Crippen LogP contribution in [0.4, 0.5) is 10.3 Å². The Morgan fingerprint density at radius 3 is 2.91 bits per heavy atom. The number of nitrogens with zero attached hydrogens (tertiary/aromatic N) is 3. The number of rotatable bonds is 4. The van der Waals surface area contributed by atoms with E-state index in [9.17, 15) is 17.6 Å². The van der Waals surface area contributed by atoms with Gasteiger partial charge in [0, 0.05) is 32.6 Å². The Balaban J connectivity index is 1.67. The monoisotopic (exact) mass is 340 g/mol. The maximum Gasteiger partial charge on any atom is 0.228 e. The van der Waals surface area contributed by atoms with Crippen LogP contribution in [0, 0.1) is 5.82 Å². The van der Waals surface area contributed by atoms with E-state index in [0.29, 0.717) is 29.9 Å². The average Bonchev–Trinajstić information content (AvgIpc) is 2.96. The molecule has 9 heteroatoms. The lowest BCUT2D eigenvalue weighted by Gasteiger charge is -2.13. The van der Waals surface area contributed by atoms with Gasteiger partial charge >= 0.3 is 0 Å². The summed E-state index contributed by atoms with van der Waals surface area (Å²) in [4.78, 5) is 16.2. The second-order valence-electron chi connectivity index (χ2n) is 5.49. The van der Waals surface area contributed by atoms with Crippen molar-refractivity contribution in [2.24, 2.45) is 7.05 Å². The van der Waals surface area contributed by atoms with Crippen LogP contribution in [0.25, 0.3) is 11.0 Å². The molecule has 0 unspecified atom stereocenters. The van der Waals surface area contributed by atoms with E-state index in [0.717, 1.165) is 0 Å². The van der Waals surface area contributed by atoms with Crippen LogP contribution in [0.15, 0.2) is 18.2 Å². The number of aromatic nitrogens is 2. The molecule has 0 atom stereocenters. The van der Waals surface area contributed by atoms with E-state index in [4.69, 9.17) is 0 Å². The minimum Gasteiger partial charge on any atom is -0.313 e. The smallest absolute Gasteiger partial charge is 0.228 e. The van der Waals surface area contributed by atoms with Gasteiger partial charge in [-0.25, -0.2) is 22.1 Å². The first-order valence-electron chi connectivity index (χ1n) is 7.26. The zero-order valence-corrected chi connectivity index (χ0v) is 13.4. The van der Waals surface area contributed by atoms with Crippen LogP contribution in [0.1, 0.15) is 12.8 Å². The van der Waals surface area contributed by atoms with Crippen molar-refractivity contribution in [1.82, 2.24) is 13.9 Å². The molecule has 1 aromatic heterocycles. The van der Waals surface area contributed by atoms with Crippen molar-refractivity contribution in [2.75, 3.05) is 24.2 Å². The third kappa shape index (κ3) is 3.20. The summed E-state index contributed by atoms with van der Waals surface area (Å²) in [5.74, 6) is -0.274. The van der Waals surface area contributed by atoms with Crippen molar-refractivity contribution in [3.05, 3.63) is 24.0 Å². The highest BCUT2D eigenvalue weighted by atomic mass is 32.2. The van der Waals surface area contributed by atoms with E-state index >= 15 is 0 Å². The van der Waals surface area contributed by atoms with E-state index in [2.05, 4.69) is 10.3 Å². The first-order chi connectivity index (χ1) is 10.9. The second kappa shape index (κ2) is 5.89. The highest BCUT2D eigenvalue weighted by Crippen LogP contribution is 2.19. The first kappa shape index (κ1) is 15.9. The molecule has 0 aliphatic carbocycles. The molecule has 2 aromatic rings. The van der Waals surface area contributed by atoms with Crippen molar-refractivity contribution in [3.8, 4) is 0 Å². The predicted molar refractivity (Wildman–Crippen MR) is 83.9 cm³/mol. The van der Waals surface area contributed by atoms with Gasteiger partial charge in [0.1, 0.15) is 5.82 Å². The quantitative estimate of drug-likeness (QED) is 0.902. The minimum absolute atomic E-state index is 0.0524. The molecule has 3 rings (SSSR count). The summed E-state index contributed by atoms with van der Waals surface area (Å²) in [6, 6.07) is 4.21. The number of amides is 1. The van der Waals surface area contributed by atoms with Crippen LogP contribution >= 0.6 is 0 Å². The Bertz CT molecular complexity index is 862. The highest BCUT2D eigenvalue weighted by molar-refractivity contribution is 7.89. The lowest BCUT2D eigenvalue weighted by atomic mass is 10.3. The molecule has 1 aliphatic rings. The fourth-order valence-corrected chi connectivity index (χ4v) is 4.17. The molecular weight excluding hydrogens is 323 g/mol. The number of nitrogens with one attached hydrogen (secondary N) is 1. The van der Waals surface area contributed by atoms with Gasteiger partial charge in [-0.2, -0.15) is 0 Å². The molecule has 0 saturated carbocycles. The van der Waals surface area contributed by atoms with Crippen LogP contribution in [-0.4, -0.2) is 47.0 Å². The fourth-order valence-electron chi connectivity index (χ4n) is 2.64. The molecule has 1 fully saturated rings. The molecule has 1 aliphatic heterocycles. The molecule has 1 amide bonds. The molecule has 1 aromatic carbocycles. The van der Waals surface area contributed by atoms with Gasteiger partial charge in [0.2, 0.25) is 21.9 Å². The number of halogens is 1. The molecule has 23 heavy (non-hydrogen) atoms. The molecule has 0 radical (unpaired) electrons. The van der Waals surface area contributed by atoms with Crippen molar-refractivity contribution in [2.45, 2.75) is 12.8 Å². The summed E-state index contributed by atoms with van der Waals surface area (Å²) < 4.78 is 39.5. The van der Waals surface area contributed by atoms with Gasteiger partial charge in [0.25, 0.3) is 0 Å². The summed E-state index contributed by atoms with van der Waals surface area (Å²) in [5.41, 5.74) is 1.15. The van der Waals surface area contributed by atoms with Crippen LogP contribution in [0.5, 0.6) is 0 Å². The molecule has 1 N–H and O–H groups in total. The van der Waals surface area contributed by atoms with Crippen molar-refractivity contribution in [3.63, 3.8) is 0 Å². The summed E-state index contributed by atoms with van der Waals surface area (Å²) >= 11 is 0. The number of carbonyl (C=O) groups excluding carboxylic acids is 1. The molecule has 2 heterocycles. The Labute approximate surface area is 133 Å². The summed E-state index contributed by atoms with van der Waals surface area (Å²) in [6.07, 6.45) is 0.650. The van der Waals surface area contributed by atoms with E-state index in [1.807, 2.05) is 0 Å². The normalized spacial score (nSPS) is 17.7. The van der Waals surface area contributed by atoms with Gasteiger partial charge < -0.3 is 4.57 Å². The SMILES string of the molecule is Cn1c(NC(=O)CCN2CCCS2(=O)=O)nc2cc(F)ccc21. The van der Waals surface area contributed by atoms with Gasteiger partial charge in [0.05, 0.1) is 16.8 Å². The van der Waals surface area contributed by atoms with Crippen molar-refractivity contribution in [1.29, 1.82) is 0 Å². The standard InChI is InChI=1S/C14H17FN4O3S/c1-18-12-4-3-10(15)9-11(12)16-14(18)17-13(20)5-7-19-6-2-8-23(19,21)22/h3-4,9H,2,5-8H2,1H3,(H,16,17,20). The third-order valence-electron chi connectivity index (χ3n) is 3.89. The molecule has 1 saturated heterocycles. The zero-order valence-electron chi connectivity index (χ0n) is 12.6. The molecule has 0 spiro atoms. The molecule has 124 valence electrons. The average molecular weight is 340 g/mol. The number of hydrogen-bond donors (Lipinski definition) is 1. The molecule has 7 nitrogen and oxygen atoms in total. The maximum absolute atomic E-state index is 13.2. The number of aryl methyl sites for hydroxylation is 1. The first-order valence-corrected chi connectivity index (χ1v) is 8.87. The van der Waals surface area contributed by atoms with Crippen LogP contribution in [0.3, 0.4) is 0 Å². The molecular formula is C14H17FN4O3S. The lowest BCUT2D eigenvalue weighted by Crippen LogP contribution is -2.29. The Morgan fingerprint density at radius 1 is 1.43 bits per heavy atom. The van der Waals surface area contributed by atoms with E-state index in [1.165, 1.54) is 16.4 Å². The summed E-state index contributed by atoms with van der Waals surface area (Å²) in [7, 11) is -1.48. The van der Waals surface area contributed by atoms with Gasteiger partial charge in [-0.1, -0.05) is 0 Å². The van der Waals surface area contributed by atoms with Gasteiger partial charge in [-0.05, 0) is 18.6 Å². The fraction of sp³-hybridized carbons (Fsp3) is 0.429. The minimum atomic E-state index is -3.20. The maximum atomic E-state index is 13.2. The highest BCUT2D eigenvalue weighted by Gasteiger charge is 2.28. The summed E-state index contributed by atoms with van der Waals surface area (Å²) in [5, 5.41) is 2.64. The number of fused-ring (bicyclic) bond motifs is 1. The van der Waals surface area contributed by atoms with E-state index in [-0.39, 0.29) is 24.6 Å². The Kier molecular flexibility index (Phi) is 4.07. The van der Waals surface area contributed by atoms with Crippen LogP contribution in [-0.2, 0) is 21.9 Å². The second-order valence-corrected chi connectivity index (χ2v) is 7.58. The molecule has 0 bridgehead atoms. The Morgan fingerprint density at radius 2 is 2.22 bits per heavy atom. The number of hydrogen-bond acceptors (Lipinski definition) is 4.